The number of nitrogens with zero attached hydrogens (tertiary/aromatic N) is 1. The van der Waals surface area contributed by atoms with Gasteiger partial charge < -0.3 is 9.47 Å². The molecule has 9 heteroatoms. The van der Waals surface area contributed by atoms with Crippen molar-refractivity contribution >= 4 is 15.7 Å². The molecule has 2 aromatic rings. The number of benzene rings is 2. The standard InChI is InChI=1S/C15H14N2O6S/c18-17(19)12-2-4-13(5-3-12)24(20,21)16-10-11-1-6-14-15(9-11)23-8-7-22-14/h1-6,9,16H,7-8,10H2. The molecule has 0 spiro atoms. The predicted octanol–water partition coefficient (Wildman–Crippen LogP) is 1.84. The Kier molecular flexibility index (Phi) is 4.36. The van der Waals surface area contributed by atoms with E-state index in [-0.39, 0.29) is 17.1 Å². The van der Waals surface area contributed by atoms with Crippen LogP contribution < -0.4 is 14.2 Å². The molecule has 0 saturated heterocycles. The zero-order valence-corrected chi connectivity index (χ0v) is 13.3. The summed E-state index contributed by atoms with van der Waals surface area (Å²) in [5.74, 6) is 1.21. The van der Waals surface area contributed by atoms with Crippen LogP contribution >= 0.6 is 0 Å². The van der Waals surface area contributed by atoms with E-state index in [9.17, 15) is 18.5 Å². The molecule has 0 aliphatic carbocycles. The van der Waals surface area contributed by atoms with Crippen LogP contribution in [0.15, 0.2) is 47.4 Å². The molecule has 2 aromatic carbocycles. The van der Waals surface area contributed by atoms with Gasteiger partial charge in [-0.25, -0.2) is 13.1 Å². The van der Waals surface area contributed by atoms with Gasteiger partial charge in [0.05, 0.1) is 9.82 Å². The summed E-state index contributed by atoms with van der Waals surface area (Å²) in [5, 5.41) is 10.6. The minimum absolute atomic E-state index is 0.0364. The van der Waals surface area contributed by atoms with Crippen molar-refractivity contribution in [3.8, 4) is 11.5 Å². The Morgan fingerprint density at radius 2 is 1.71 bits per heavy atom. The molecule has 0 saturated carbocycles. The van der Waals surface area contributed by atoms with Crippen LogP contribution in [0.5, 0.6) is 11.5 Å². The SMILES string of the molecule is O=[N+]([O-])c1ccc(S(=O)(=O)NCc2ccc3c(c2)OCCO3)cc1. The van der Waals surface area contributed by atoms with Gasteiger partial charge in [-0.2, -0.15) is 0 Å². The number of nitrogens with one attached hydrogen (secondary N) is 1. The Morgan fingerprint density at radius 1 is 1.04 bits per heavy atom. The second kappa shape index (κ2) is 6.46. The fraction of sp³-hybridized carbons (Fsp3) is 0.200. The minimum Gasteiger partial charge on any atom is -0.486 e. The first-order valence-corrected chi connectivity index (χ1v) is 8.57. The molecule has 0 radical (unpaired) electrons. The zero-order valence-electron chi connectivity index (χ0n) is 12.5. The summed E-state index contributed by atoms with van der Waals surface area (Å²) >= 11 is 0. The molecule has 1 N–H and O–H groups in total. The van der Waals surface area contributed by atoms with Gasteiger partial charge in [0.25, 0.3) is 5.69 Å². The number of hydrogen-bond acceptors (Lipinski definition) is 6. The molecule has 126 valence electrons. The molecule has 0 bridgehead atoms. The maximum atomic E-state index is 12.2. The summed E-state index contributed by atoms with van der Waals surface area (Å²) in [6.45, 7) is 1.00. The quantitative estimate of drug-likeness (QED) is 0.651. The second-order valence-electron chi connectivity index (χ2n) is 5.05. The molecule has 0 unspecified atom stereocenters. The third-order valence-corrected chi connectivity index (χ3v) is 4.85. The number of nitro groups is 1. The lowest BCUT2D eigenvalue weighted by Crippen LogP contribution is -2.23. The normalized spacial score (nSPS) is 13.5. The Labute approximate surface area is 138 Å². The number of ether oxygens (including phenoxy) is 2. The highest BCUT2D eigenvalue weighted by molar-refractivity contribution is 7.89. The number of rotatable bonds is 5. The fourth-order valence-electron chi connectivity index (χ4n) is 2.21. The van der Waals surface area contributed by atoms with Gasteiger partial charge in [0.2, 0.25) is 10.0 Å². The van der Waals surface area contributed by atoms with Crippen molar-refractivity contribution in [3.05, 3.63) is 58.1 Å². The van der Waals surface area contributed by atoms with Gasteiger partial charge in [0.1, 0.15) is 13.2 Å². The lowest BCUT2D eigenvalue weighted by atomic mass is 10.2. The van der Waals surface area contributed by atoms with E-state index in [4.69, 9.17) is 9.47 Å². The topological polar surface area (TPSA) is 108 Å². The van der Waals surface area contributed by atoms with E-state index in [1.165, 1.54) is 12.1 Å². The van der Waals surface area contributed by atoms with E-state index < -0.39 is 14.9 Å². The summed E-state index contributed by atoms with van der Waals surface area (Å²) in [4.78, 5) is 9.99. The molecular formula is C15H14N2O6S. The van der Waals surface area contributed by atoms with E-state index in [0.717, 1.165) is 12.1 Å². The average Bonchev–Trinajstić information content (AvgIpc) is 2.60. The molecule has 24 heavy (non-hydrogen) atoms. The summed E-state index contributed by atoms with van der Waals surface area (Å²) in [5.41, 5.74) is 0.547. The van der Waals surface area contributed by atoms with Gasteiger partial charge in [-0.15, -0.1) is 0 Å². The van der Waals surface area contributed by atoms with E-state index in [2.05, 4.69) is 4.72 Å². The van der Waals surface area contributed by atoms with Gasteiger partial charge in [-0.1, -0.05) is 6.07 Å². The third-order valence-electron chi connectivity index (χ3n) is 3.43. The Balaban J connectivity index is 1.72. The summed E-state index contributed by atoms with van der Waals surface area (Å²) in [6, 6.07) is 9.88. The van der Waals surface area contributed by atoms with E-state index in [1.807, 2.05) is 0 Å². The van der Waals surface area contributed by atoms with E-state index >= 15 is 0 Å². The van der Waals surface area contributed by atoms with Crippen LogP contribution in [-0.2, 0) is 16.6 Å². The molecule has 1 aliphatic rings. The Hall–Kier alpha value is -2.65. The summed E-state index contributed by atoms with van der Waals surface area (Å²) < 4.78 is 37.8. The number of sulfonamides is 1. The van der Waals surface area contributed by atoms with Crippen LogP contribution in [0.3, 0.4) is 0 Å². The van der Waals surface area contributed by atoms with Crippen LogP contribution in [0.1, 0.15) is 5.56 Å². The first-order chi connectivity index (χ1) is 11.5. The average molecular weight is 350 g/mol. The molecule has 3 rings (SSSR count). The predicted molar refractivity (Wildman–Crippen MR) is 84.6 cm³/mol. The van der Waals surface area contributed by atoms with Crippen LogP contribution in [0, 0.1) is 10.1 Å². The largest absolute Gasteiger partial charge is 0.486 e. The monoisotopic (exact) mass is 350 g/mol. The van der Waals surface area contributed by atoms with Crippen molar-refractivity contribution in [2.24, 2.45) is 0 Å². The number of nitro benzene ring substituents is 1. The maximum Gasteiger partial charge on any atom is 0.269 e. The van der Waals surface area contributed by atoms with Gasteiger partial charge >= 0.3 is 0 Å². The van der Waals surface area contributed by atoms with Crippen molar-refractivity contribution in [2.75, 3.05) is 13.2 Å². The Bertz CT molecular complexity index is 864. The maximum absolute atomic E-state index is 12.2. The van der Waals surface area contributed by atoms with E-state index in [1.54, 1.807) is 18.2 Å². The molecule has 0 aromatic heterocycles. The highest BCUT2D eigenvalue weighted by Gasteiger charge is 2.17. The molecule has 0 amide bonds. The molecule has 0 fully saturated rings. The van der Waals surface area contributed by atoms with Crippen molar-refractivity contribution in [3.63, 3.8) is 0 Å². The van der Waals surface area contributed by atoms with Crippen LogP contribution in [-0.4, -0.2) is 26.6 Å². The smallest absolute Gasteiger partial charge is 0.269 e. The van der Waals surface area contributed by atoms with Crippen molar-refractivity contribution in [1.29, 1.82) is 0 Å². The highest BCUT2D eigenvalue weighted by atomic mass is 32.2. The zero-order chi connectivity index (χ0) is 17.2. The molecule has 1 aliphatic heterocycles. The lowest BCUT2D eigenvalue weighted by Gasteiger charge is -2.19. The molecule has 8 nitrogen and oxygen atoms in total. The number of fused-ring (bicyclic) bond motifs is 1. The first kappa shape index (κ1) is 16.2. The number of hydrogen-bond donors (Lipinski definition) is 1. The Morgan fingerprint density at radius 3 is 2.38 bits per heavy atom. The summed E-state index contributed by atoms with van der Waals surface area (Å²) in [6.07, 6.45) is 0. The van der Waals surface area contributed by atoms with Gasteiger partial charge in [-0.05, 0) is 29.8 Å². The van der Waals surface area contributed by atoms with Crippen molar-refractivity contribution < 1.29 is 22.8 Å². The fourth-order valence-corrected chi connectivity index (χ4v) is 3.22. The van der Waals surface area contributed by atoms with Crippen molar-refractivity contribution in [2.45, 2.75) is 11.4 Å². The first-order valence-electron chi connectivity index (χ1n) is 7.08. The lowest BCUT2D eigenvalue weighted by molar-refractivity contribution is -0.384. The van der Waals surface area contributed by atoms with Gasteiger partial charge in [0.15, 0.2) is 11.5 Å². The molecule has 0 atom stereocenters. The minimum atomic E-state index is -3.77. The number of non-ortho nitro benzene ring substituents is 1. The second-order valence-corrected chi connectivity index (χ2v) is 6.82. The summed E-state index contributed by atoms with van der Waals surface area (Å²) in [7, 11) is -3.77. The molecule has 1 heterocycles. The van der Waals surface area contributed by atoms with Gasteiger partial charge in [0, 0.05) is 18.7 Å². The van der Waals surface area contributed by atoms with Crippen LogP contribution in [0.2, 0.25) is 0 Å². The van der Waals surface area contributed by atoms with Crippen molar-refractivity contribution in [1.82, 2.24) is 4.72 Å². The highest BCUT2D eigenvalue weighted by Crippen LogP contribution is 2.30. The van der Waals surface area contributed by atoms with Crippen LogP contribution in [0.25, 0.3) is 0 Å². The third kappa shape index (κ3) is 3.47. The molecular weight excluding hydrogens is 336 g/mol. The van der Waals surface area contributed by atoms with Gasteiger partial charge in [-0.3, -0.25) is 10.1 Å². The van der Waals surface area contributed by atoms with E-state index in [0.29, 0.717) is 30.3 Å². The van der Waals surface area contributed by atoms with Crippen LogP contribution in [0.4, 0.5) is 5.69 Å².